The number of aryl methyl sites for hydroxylation is 2. The minimum Gasteiger partial charge on any atom is -0.417 e. The predicted octanol–water partition coefficient (Wildman–Crippen LogP) is 0.986. The van der Waals surface area contributed by atoms with Crippen molar-refractivity contribution in [3.8, 4) is 0 Å². The zero-order chi connectivity index (χ0) is 13.8. The first kappa shape index (κ1) is 13.2. The summed E-state index contributed by atoms with van der Waals surface area (Å²) in [6, 6.07) is 0. The van der Waals surface area contributed by atoms with Gasteiger partial charge in [0, 0.05) is 20.4 Å². The third kappa shape index (κ3) is 3.15. The van der Waals surface area contributed by atoms with Crippen LogP contribution in [-0.4, -0.2) is 38.2 Å². The van der Waals surface area contributed by atoms with Crippen LogP contribution in [0.2, 0.25) is 0 Å². The van der Waals surface area contributed by atoms with E-state index in [0.29, 0.717) is 24.0 Å². The maximum atomic E-state index is 12.0. The van der Waals surface area contributed by atoms with E-state index in [1.54, 1.807) is 14.0 Å². The lowest BCUT2D eigenvalue weighted by Crippen LogP contribution is -2.27. The normalized spacial score (nSPS) is 10.7. The Hall–Kier alpha value is -2.25. The molecule has 19 heavy (non-hydrogen) atoms. The molecular formula is C11H15N5O3. The number of amides is 1. The van der Waals surface area contributed by atoms with Crippen LogP contribution in [0.5, 0.6) is 0 Å². The van der Waals surface area contributed by atoms with Crippen molar-refractivity contribution in [1.82, 2.24) is 25.2 Å². The van der Waals surface area contributed by atoms with Gasteiger partial charge < -0.3 is 13.8 Å². The molecule has 0 saturated heterocycles. The van der Waals surface area contributed by atoms with E-state index in [0.717, 1.165) is 6.42 Å². The van der Waals surface area contributed by atoms with Gasteiger partial charge in [0.1, 0.15) is 0 Å². The maximum absolute atomic E-state index is 12.0. The predicted molar refractivity (Wildman–Crippen MR) is 63.1 cm³/mol. The summed E-state index contributed by atoms with van der Waals surface area (Å²) in [5.74, 6) is 0.971. The van der Waals surface area contributed by atoms with E-state index >= 15 is 0 Å². The minimum atomic E-state index is -0.364. The SMILES string of the molecule is CCCc1nnc(C(=O)N(C)Cc2noc(C)n2)o1. The summed E-state index contributed by atoms with van der Waals surface area (Å²) >= 11 is 0. The molecule has 8 nitrogen and oxygen atoms in total. The molecule has 0 atom stereocenters. The summed E-state index contributed by atoms with van der Waals surface area (Å²) in [4.78, 5) is 17.4. The number of aromatic nitrogens is 4. The molecule has 0 radical (unpaired) electrons. The quantitative estimate of drug-likeness (QED) is 0.794. The van der Waals surface area contributed by atoms with E-state index in [2.05, 4.69) is 20.3 Å². The van der Waals surface area contributed by atoms with Crippen LogP contribution in [0.4, 0.5) is 0 Å². The van der Waals surface area contributed by atoms with Crippen molar-refractivity contribution in [2.75, 3.05) is 7.05 Å². The fourth-order valence-electron chi connectivity index (χ4n) is 1.51. The topological polar surface area (TPSA) is 98.2 Å². The molecule has 2 aromatic rings. The highest BCUT2D eigenvalue weighted by molar-refractivity contribution is 5.89. The number of carbonyl (C=O) groups excluding carboxylic acids is 1. The Balaban J connectivity index is 2.01. The molecule has 0 aromatic carbocycles. The fraction of sp³-hybridized carbons (Fsp3) is 0.545. The lowest BCUT2D eigenvalue weighted by Gasteiger charge is -2.11. The van der Waals surface area contributed by atoms with Gasteiger partial charge in [0.15, 0.2) is 5.82 Å². The molecule has 0 fully saturated rings. The molecule has 0 bridgehead atoms. The van der Waals surface area contributed by atoms with E-state index in [1.165, 1.54) is 4.90 Å². The summed E-state index contributed by atoms with van der Waals surface area (Å²) in [6.07, 6.45) is 1.54. The molecule has 0 spiro atoms. The Kier molecular flexibility index (Phi) is 3.88. The van der Waals surface area contributed by atoms with Gasteiger partial charge in [-0.05, 0) is 6.42 Å². The van der Waals surface area contributed by atoms with E-state index in [1.807, 2.05) is 6.92 Å². The number of hydrogen-bond acceptors (Lipinski definition) is 7. The van der Waals surface area contributed by atoms with Crippen LogP contribution in [0.3, 0.4) is 0 Å². The zero-order valence-electron chi connectivity index (χ0n) is 11.1. The van der Waals surface area contributed by atoms with Gasteiger partial charge in [-0.15, -0.1) is 10.2 Å². The third-order valence-corrected chi connectivity index (χ3v) is 2.41. The van der Waals surface area contributed by atoms with E-state index in [9.17, 15) is 4.79 Å². The molecule has 0 aliphatic heterocycles. The van der Waals surface area contributed by atoms with Crippen molar-refractivity contribution in [2.45, 2.75) is 33.2 Å². The summed E-state index contributed by atoms with van der Waals surface area (Å²) in [7, 11) is 1.61. The van der Waals surface area contributed by atoms with E-state index in [-0.39, 0.29) is 18.3 Å². The highest BCUT2D eigenvalue weighted by Crippen LogP contribution is 2.07. The molecule has 8 heteroatoms. The Morgan fingerprint density at radius 1 is 1.37 bits per heavy atom. The second-order valence-corrected chi connectivity index (χ2v) is 4.14. The van der Waals surface area contributed by atoms with Crippen molar-refractivity contribution in [3.05, 3.63) is 23.5 Å². The first-order valence-corrected chi connectivity index (χ1v) is 5.97. The maximum Gasteiger partial charge on any atom is 0.311 e. The molecular weight excluding hydrogens is 250 g/mol. The molecule has 2 heterocycles. The lowest BCUT2D eigenvalue weighted by molar-refractivity contribution is 0.0739. The molecule has 0 aliphatic rings. The summed E-state index contributed by atoms with van der Waals surface area (Å²) in [6.45, 7) is 3.91. The second kappa shape index (κ2) is 5.59. The molecule has 102 valence electrons. The number of rotatable bonds is 5. The molecule has 0 aliphatic carbocycles. The Bertz CT molecular complexity index is 562. The summed E-state index contributed by atoms with van der Waals surface area (Å²) in [5, 5.41) is 11.3. The van der Waals surface area contributed by atoms with Crippen LogP contribution in [0.25, 0.3) is 0 Å². The lowest BCUT2D eigenvalue weighted by atomic mass is 10.3. The largest absolute Gasteiger partial charge is 0.417 e. The van der Waals surface area contributed by atoms with Crippen molar-refractivity contribution in [3.63, 3.8) is 0 Å². The average Bonchev–Trinajstić information content (AvgIpc) is 2.98. The van der Waals surface area contributed by atoms with Crippen LogP contribution in [0, 0.1) is 6.92 Å². The highest BCUT2D eigenvalue weighted by Gasteiger charge is 2.20. The van der Waals surface area contributed by atoms with E-state index in [4.69, 9.17) is 8.94 Å². The van der Waals surface area contributed by atoms with E-state index < -0.39 is 0 Å². The first-order chi connectivity index (χ1) is 9.10. The second-order valence-electron chi connectivity index (χ2n) is 4.14. The molecule has 2 aromatic heterocycles. The van der Waals surface area contributed by atoms with Gasteiger partial charge in [-0.2, -0.15) is 4.98 Å². The Morgan fingerprint density at radius 3 is 2.79 bits per heavy atom. The molecule has 1 amide bonds. The van der Waals surface area contributed by atoms with Crippen molar-refractivity contribution in [1.29, 1.82) is 0 Å². The zero-order valence-corrected chi connectivity index (χ0v) is 11.1. The van der Waals surface area contributed by atoms with Crippen LogP contribution < -0.4 is 0 Å². The van der Waals surface area contributed by atoms with Gasteiger partial charge in [-0.1, -0.05) is 12.1 Å². The minimum absolute atomic E-state index is 0.0221. The first-order valence-electron chi connectivity index (χ1n) is 5.97. The highest BCUT2D eigenvalue weighted by atomic mass is 16.5. The van der Waals surface area contributed by atoms with Gasteiger partial charge in [0.2, 0.25) is 11.8 Å². The summed E-state index contributed by atoms with van der Waals surface area (Å²) < 4.78 is 10.1. The van der Waals surface area contributed by atoms with Gasteiger partial charge in [0.05, 0.1) is 6.54 Å². The van der Waals surface area contributed by atoms with Gasteiger partial charge in [-0.3, -0.25) is 4.79 Å². The average molecular weight is 265 g/mol. The van der Waals surface area contributed by atoms with Crippen molar-refractivity contribution >= 4 is 5.91 Å². The van der Waals surface area contributed by atoms with Crippen molar-refractivity contribution in [2.24, 2.45) is 0 Å². The van der Waals surface area contributed by atoms with Gasteiger partial charge >= 0.3 is 11.8 Å². The van der Waals surface area contributed by atoms with Crippen LogP contribution in [0.1, 0.15) is 41.6 Å². The van der Waals surface area contributed by atoms with Crippen LogP contribution >= 0.6 is 0 Å². The molecule has 0 unspecified atom stereocenters. The standard InChI is InChI=1S/C11H15N5O3/c1-4-5-9-13-14-10(18-9)11(17)16(3)6-8-12-7(2)19-15-8/h4-6H2,1-3H3. The molecule has 0 N–H and O–H groups in total. The van der Waals surface area contributed by atoms with Crippen molar-refractivity contribution < 1.29 is 13.7 Å². The van der Waals surface area contributed by atoms with Crippen LogP contribution in [0.15, 0.2) is 8.94 Å². The fourth-order valence-corrected chi connectivity index (χ4v) is 1.51. The monoisotopic (exact) mass is 265 g/mol. The van der Waals surface area contributed by atoms with Crippen LogP contribution in [-0.2, 0) is 13.0 Å². The van der Waals surface area contributed by atoms with Gasteiger partial charge in [-0.25, -0.2) is 0 Å². The number of hydrogen-bond donors (Lipinski definition) is 0. The Morgan fingerprint density at radius 2 is 2.16 bits per heavy atom. The molecule has 2 rings (SSSR count). The van der Waals surface area contributed by atoms with Gasteiger partial charge in [0.25, 0.3) is 0 Å². The third-order valence-electron chi connectivity index (χ3n) is 2.41. The Labute approximate surface area is 109 Å². The number of carbonyl (C=O) groups is 1. The smallest absolute Gasteiger partial charge is 0.311 e. The summed E-state index contributed by atoms with van der Waals surface area (Å²) in [5.41, 5.74) is 0. The number of nitrogens with zero attached hydrogens (tertiary/aromatic N) is 5. The molecule has 0 saturated carbocycles.